The van der Waals surface area contributed by atoms with Crippen molar-refractivity contribution in [1.29, 1.82) is 0 Å². The van der Waals surface area contributed by atoms with E-state index in [0.29, 0.717) is 25.7 Å². The lowest BCUT2D eigenvalue weighted by molar-refractivity contribution is 0.0616. The highest BCUT2D eigenvalue weighted by atomic mass is 16.5. The quantitative estimate of drug-likeness (QED) is 0.613. The Morgan fingerprint density at radius 2 is 1.60 bits per heavy atom. The molecule has 0 bridgehead atoms. The molecule has 0 amide bonds. The van der Waals surface area contributed by atoms with E-state index in [-0.39, 0.29) is 0 Å². The summed E-state index contributed by atoms with van der Waals surface area (Å²) in [6.07, 6.45) is 1.28. The van der Waals surface area contributed by atoms with Gasteiger partial charge in [-0.05, 0) is 35.3 Å². The molecule has 2 heteroatoms. The van der Waals surface area contributed by atoms with Gasteiger partial charge in [0.25, 0.3) is 0 Å². The summed E-state index contributed by atoms with van der Waals surface area (Å²) in [7, 11) is 1.69. The first-order valence-corrected chi connectivity index (χ1v) is 7.70. The standard InChI is InChI=1S/C18H30O2/c1-14(2)12-15(3)16(4)18-8-6-17(7-9-18)13-20-11-10-19-5/h6-9,14-16H,10-13H2,1-5H3. The molecule has 0 saturated heterocycles. The van der Waals surface area contributed by atoms with E-state index in [1.54, 1.807) is 7.11 Å². The molecule has 0 radical (unpaired) electrons. The van der Waals surface area contributed by atoms with Crippen molar-refractivity contribution in [2.75, 3.05) is 20.3 Å². The molecule has 1 aromatic carbocycles. The molecule has 1 aromatic rings. The third-order valence-electron chi connectivity index (χ3n) is 3.90. The van der Waals surface area contributed by atoms with Gasteiger partial charge in [0.15, 0.2) is 0 Å². The second kappa shape index (κ2) is 9.15. The van der Waals surface area contributed by atoms with Gasteiger partial charge in [-0.1, -0.05) is 52.0 Å². The van der Waals surface area contributed by atoms with Crippen LogP contribution in [0.15, 0.2) is 24.3 Å². The van der Waals surface area contributed by atoms with Crippen molar-refractivity contribution in [2.45, 2.75) is 46.6 Å². The summed E-state index contributed by atoms with van der Waals surface area (Å²) < 4.78 is 10.5. The highest BCUT2D eigenvalue weighted by molar-refractivity contribution is 5.25. The van der Waals surface area contributed by atoms with Gasteiger partial charge in [-0.25, -0.2) is 0 Å². The van der Waals surface area contributed by atoms with E-state index in [2.05, 4.69) is 52.0 Å². The minimum Gasteiger partial charge on any atom is -0.382 e. The largest absolute Gasteiger partial charge is 0.382 e. The van der Waals surface area contributed by atoms with Crippen LogP contribution in [0.5, 0.6) is 0 Å². The maximum atomic E-state index is 5.54. The summed E-state index contributed by atoms with van der Waals surface area (Å²) >= 11 is 0. The maximum absolute atomic E-state index is 5.54. The Kier molecular flexibility index (Phi) is 7.86. The van der Waals surface area contributed by atoms with E-state index in [4.69, 9.17) is 9.47 Å². The smallest absolute Gasteiger partial charge is 0.0718 e. The third kappa shape index (κ3) is 6.06. The predicted octanol–water partition coefficient (Wildman–Crippen LogP) is 4.64. The van der Waals surface area contributed by atoms with Crippen LogP contribution in [0.1, 0.15) is 51.2 Å². The number of benzene rings is 1. The van der Waals surface area contributed by atoms with E-state index in [0.717, 1.165) is 11.8 Å². The monoisotopic (exact) mass is 278 g/mol. The van der Waals surface area contributed by atoms with Crippen LogP contribution in [0.25, 0.3) is 0 Å². The average Bonchev–Trinajstić information content (AvgIpc) is 2.43. The van der Waals surface area contributed by atoms with Crippen LogP contribution in [0, 0.1) is 11.8 Å². The van der Waals surface area contributed by atoms with Crippen molar-refractivity contribution in [3.63, 3.8) is 0 Å². The molecule has 0 saturated carbocycles. The lowest BCUT2D eigenvalue weighted by atomic mass is 9.83. The van der Waals surface area contributed by atoms with Crippen molar-refractivity contribution in [1.82, 2.24) is 0 Å². The van der Waals surface area contributed by atoms with E-state index in [1.165, 1.54) is 17.5 Å². The number of methoxy groups -OCH3 is 1. The molecule has 0 aliphatic rings. The van der Waals surface area contributed by atoms with Crippen molar-refractivity contribution < 1.29 is 9.47 Å². The summed E-state index contributed by atoms with van der Waals surface area (Å²) in [6.45, 7) is 11.2. The highest BCUT2D eigenvalue weighted by Crippen LogP contribution is 2.29. The Morgan fingerprint density at radius 3 is 2.15 bits per heavy atom. The molecule has 0 aromatic heterocycles. The molecule has 0 spiro atoms. The second-order valence-electron chi connectivity index (χ2n) is 6.18. The summed E-state index contributed by atoms with van der Waals surface area (Å²) in [5.41, 5.74) is 2.66. The van der Waals surface area contributed by atoms with E-state index in [1.807, 2.05) is 0 Å². The van der Waals surface area contributed by atoms with Gasteiger partial charge in [0.1, 0.15) is 0 Å². The molecule has 0 fully saturated rings. The Bertz CT molecular complexity index is 356. The second-order valence-corrected chi connectivity index (χ2v) is 6.18. The fourth-order valence-corrected chi connectivity index (χ4v) is 2.53. The molecule has 0 aliphatic carbocycles. The Hall–Kier alpha value is -0.860. The van der Waals surface area contributed by atoms with Crippen molar-refractivity contribution in [2.24, 2.45) is 11.8 Å². The zero-order valence-corrected chi connectivity index (χ0v) is 13.7. The Balaban J connectivity index is 2.48. The number of rotatable bonds is 9. The van der Waals surface area contributed by atoms with Gasteiger partial charge in [-0.2, -0.15) is 0 Å². The fourth-order valence-electron chi connectivity index (χ4n) is 2.53. The highest BCUT2D eigenvalue weighted by Gasteiger charge is 2.15. The summed E-state index contributed by atoms with van der Waals surface area (Å²) in [4.78, 5) is 0. The summed E-state index contributed by atoms with van der Waals surface area (Å²) in [6, 6.07) is 8.86. The lowest BCUT2D eigenvalue weighted by Gasteiger charge is -2.22. The number of ether oxygens (including phenoxy) is 2. The zero-order chi connectivity index (χ0) is 15.0. The predicted molar refractivity (Wildman–Crippen MR) is 85.0 cm³/mol. The zero-order valence-electron chi connectivity index (χ0n) is 13.7. The number of hydrogen-bond donors (Lipinski definition) is 0. The summed E-state index contributed by atoms with van der Waals surface area (Å²) in [5.74, 6) is 2.10. The molecule has 20 heavy (non-hydrogen) atoms. The molecule has 0 aliphatic heterocycles. The van der Waals surface area contributed by atoms with Gasteiger partial charge in [-0.3, -0.25) is 0 Å². The van der Waals surface area contributed by atoms with Gasteiger partial charge >= 0.3 is 0 Å². The van der Waals surface area contributed by atoms with Crippen molar-refractivity contribution in [3.8, 4) is 0 Å². The van der Waals surface area contributed by atoms with Crippen LogP contribution in [-0.2, 0) is 16.1 Å². The molecule has 1 rings (SSSR count). The minimum atomic E-state index is 0.612. The van der Waals surface area contributed by atoms with Crippen LogP contribution in [0.4, 0.5) is 0 Å². The molecule has 2 unspecified atom stereocenters. The third-order valence-corrected chi connectivity index (χ3v) is 3.90. The Labute approximate surface area is 124 Å². The van der Waals surface area contributed by atoms with Gasteiger partial charge < -0.3 is 9.47 Å². The molecular formula is C18H30O2. The van der Waals surface area contributed by atoms with Crippen LogP contribution < -0.4 is 0 Å². The van der Waals surface area contributed by atoms with Gasteiger partial charge in [0, 0.05) is 7.11 Å². The number of hydrogen-bond acceptors (Lipinski definition) is 2. The first kappa shape index (κ1) is 17.2. The van der Waals surface area contributed by atoms with Crippen molar-refractivity contribution in [3.05, 3.63) is 35.4 Å². The molecule has 0 N–H and O–H groups in total. The van der Waals surface area contributed by atoms with Crippen LogP contribution >= 0.6 is 0 Å². The summed E-state index contributed by atoms with van der Waals surface area (Å²) in [5, 5.41) is 0. The van der Waals surface area contributed by atoms with E-state index < -0.39 is 0 Å². The molecular weight excluding hydrogens is 248 g/mol. The lowest BCUT2D eigenvalue weighted by Crippen LogP contribution is -2.09. The van der Waals surface area contributed by atoms with Crippen molar-refractivity contribution >= 4 is 0 Å². The topological polar surface area (TPSA) is 18.5 Å². The molecule has 0 heterocycles. The molecule has 114 valence electrons. The van der Waals surface area contributed by atoms with E-state index in [9.17, 15) is 0 Å². The van der Waals surface area contributed by atoms with Gasteiger partial charge in [0.2, 0.25) is 0 Å². The minimum absolute atomic E-state index is 0.612. The van der Waals surface area contributed by atoms with Gasteiger partial charge in [-0.15, -0.1) is 0 Å². The molecule has 2 atom stereocenters. The van der Waals surface area contributed by atoms with Gasteiger partial charge in [0.05, 0.1) is 19.8 Å². The van der Waals surface area contributed by atoms with E-state index >= 15 is 0 Å². The first-order valence-electron chi connectivity index (χ1n) is 7.70. The Morgan fingerprint density at radius 1 is 0.950 bits per heavy atom. The van der Waals surface area contributed by atoms with Crippen LogP contribution in [0.2, 0.25) is 0 Å². The van der Waals surface area contributed by atoms with Crippen LogP contribution in [-0.4, -0.2) is 20.3 Å². The molecule has 2 nitrogen and oxygen atoms in total. The SMILES string of the molecule is COCCOCc1ccc(C(C)C(C)CC(C)C)cc1. The average molecular weight is 278 g/mol. The maximum Gasteiger partial charge on any atom is 0.0718 e. The normalized spacial score (nSPS) is 14.5. The van der Waals surface area contributed by atoms with Crippen LogP contribution in [0.3, 0.4) is 0 Å². The first-order chi connectivity index (χ1) is 9.54. The fraction of sp³-hybridized carbons (Fsp3) is 0.667.